The fraction of sp³-hybridized carbons (Fsp3) is 0.273. The van der Waals surface area contributed by atoms with E-state index in [9.17, 15) is 22.4 Å². The third kappa shape index (κ3) is 4.12. The summed E-state index contributed by atoms with van der Waals surface area (Å²) in [5.41, 5.74) is 6.56. The molecule has 2 aliphatic rings. The number of aromatic amines is 1. The summed E-state index contributed by atoms with van der Waals surface area (Å²) in [6.07, 6.45) is 3.00. The Balaban J connectivity index is 1.30. The van der Waals surface area contributed by atoms with Gasteiger partial charge in [-0.1, -0.05) is 0 Å². The van der Waals surface area contributed by atoms with E-state index in [1.807, 2.05) is 0 Å². The maximum atomic E-state index is 13.3. The van der Waals surface area contributed by atoms with Crippen molar-refractivity contribution in [3.05, 3.63) is 54.6 Å². The lowest BCUT2D eigenvalue weighted by molar-refractivity contribution is -0.125. The van der Waals surface area contributed by atoms with Gasteiger partial charge in [0.25, 0.3) is 5.91 Å². The number of H-pyrrole nitrogens is 1. The molecule has 1 fully saturated rings. The molecule has 2 amide bonds. The fourth-order valence-corrected chi connectivity index (χ4v) is 5.86. The van der Waals surface area contributed by atoms with E-state index in [0.717, 1.165) is 0 Å². The molecule has 11 nitrogen and oxygen atoms in total. The smallest absolute Gasteiger partial charge is 0.270 e. The number of pyridine rings is 1. The SMILES string of the molecule is NC(=O)C1CC(C(=O)N2CCN(S(=O)(=O)c3c[nH]c4ncccc34)CC2)=NN1c1ccc(F)cc1. The van der Waals surface area contributed by atoms with Gasteiger partial charge in [0.2, 0.25) is 15.9 Å². The summed E-state index contributed by atoms with van der Waals surface area (Å²) in [4.78, 5) is 33.8. The van der Waals surface area contributed by atoms with Crippen LogP contribution in [0.2, 0.25) is 0 Å². The Labute approximate surface area is 200 Å². The van der Waals surface area contributed by atoms with Crippen LogP contribution < -0.4 is 10.7 Å². The predicted octanol–water partition coefficient (Wildman–Crippen LogP) is 0.655. The first-order valence-corrected chi connectivity index (χ1v) is 12.3. The molecule has 0 bridgehead atoms. The minimum Gasteiger partial charge on any atom is -0.368 e. The molecule has 4 heterocycles. The number of carbonyl (C=O) groups excluding carboxylic acids is 2. The quantitative estimate of drug-likeness (QED) is 0.527. The summed E-state index contributed by atoms with van der Waals surface area (Å²) in [5, 5.41) is 6.13. The topological polar surface area (TPSA) is 145 Å². The van der Waals surface area contributed by atoms with E-state index in [1.165, 1.54) is 44.7 Å². The lowest BCUT2D eigenvalue weighted by Crippen LogP contribution is -2.52. The summed E-state index contributed by atoms with van der Waals surface area (Å²) in [5.74, 6) is -1.50. The number of primary amides is 1. The van der Waals surface area contributed by atoms with Gasteiger partial charge >= 0.3 is 0 Å². The molecule has 3 aromatic rings. The lowest BCUT2D eigenvalue weighted by atomic mass is 10.1. The van der Waals surface area contributed by atoms with Crippen molar-refractivity contribution in [3.8, 4) is 0 Å². The second-order valence-electron chi connectivity index (χ2n) is 8.24. The number of hydrogen-bond acceptors (Lipinski definition) is 7. The Kier molecular flexibility index (Phi) is 5.73. The second-order valence-corrected chi connectivity index (χ2v) is 10.1. The van der Waals surface area contributed by atoms with Crippen LogP contribution in [0, 0.1) is 5.82 Å². The maximum absolute atomic E-state index is 13.3. The van der Waals surface area contributed by atoms with Crippen molar-refractivity contribution in [2.45, 2.75) is 17.4 Å². The predicted molar refractivity (Wildman–Crippen MR) is 125 cm³/mol. The standard InChI is InChI=1S/C22H22FN7O4S/c23-14-3-5-15(6-4-14)30-18(20(24)31)12-17(27-30)22(32)28-8-10-29(11-9-28)35(33,34)19-13-26-21-16(19)2-1-7-25-21/h1-7,13,18H,8-12H2,(H2,24,31)(H,25,26). The number of nitrogens with two attached hydrogens (primary N) is 1. The third-order valence-electron chi connectivity index (χ3n) is 6.13. The first-order chi connectivity index (χ1) is 16.8. The van der Waals surface area contributed by atoms with E-state index in [1.54, 1.807) is 18.3 Å². The van der Waals surface area contributed by atoms with E-state index in [0.29, 0.717) is 16.7 Å². The van der Waals surface area contributed by atoms with E-state index < -0.39 is 33.7 Å². The van der Waals surface area contributed by atoms with Gasteiger partial charge in [-0.2, -0.15) is 9.41 Å². The number of piperazine rings is 1. The number of halogens is 1. The van der Waals surface area contributed by atoms with Crippen LogP contribution in [-0.2, 0) is 19.6 Å². The number of sulfonamides is 1. The van der Waals surface area contributed by atoms with Crippen LogP contribution in [0.3, 0.4) is 0 Å². The molecule has 1 unspecified atom stereocenters. The molecule has 3 N–H and O–H groups in total. The van der Waals surface area contributed by atoms with Gasteiger partial charge in [-0.3, -0.25) is 14.6 Å². The number of carbonyl (C=O) groups is 2. The molecule has 1 atom stereocenters. The van der Waals surface area contributed by atoms with Gasteiger partial charge in [0.15, 0.2) is 0 Å². The first-order valence-electron chi connectivity index (χ1n) is 10.9. The molecule has 182 valence electrons. The number of hydrogen-bond donors (Lipinski definition) is 2. The average Bonchev–Trinajstić information content (AvgIpc) is 3.50. The van der Waals surface area contributed by atoms with Crippen molar-refractivity contribution < 1.29 is 22.4 Å². The highest BCUT2D eigenvalue weighted by Gasteiger charge is 2.38. The molecular formula is C22H22FN7O4S. The summed E-state index contributed by atoms with van der Waals surface area (Å²) >= 11 is 0. The summed E-state index contributed by atoms with van der Waals surface area (Å²) in [6, 6.07) is 7.83. The number of fused-ring (bicyclic) bond motifs is 1. The molecule has 13 heteroatoms. The van der Waals surface area contributed by atoms with Crippen molar-refractivity contribution in [1.82, 2.24) is 19.2 Å². The van der Waals surface area contributed by atoms with E-state index in [4.69, 9.17) is 5.73 Å². The maximum Gasteiger partial charge on any atom is 0.270 e. The van der Waals surface area contributed by atoms with Crippen LogP contribution in [0.5, 0.6) is 0 Å². The average molecular weight is 500 g/mol. The van der Waals surface area contributed by atoms with Crippen molar-refractivity contribution in [2.75, 3.05) is 31.2 Å². The number of nitrogens with one attached hydrogen (secondary N) is 1. The molecule has 0 spiro atoms. The number of anilines is 1. The molecule has 0 radical (unpaired) electrons. The number of amides is 2. The summed E-state index contributed by atoms with van der Waals surface area (Å²) in [6.45, 7) is 0.537. The van der Waals surface area contributed by atoms with Gasteiger partial charge in [-0.05, 0) is 36.4 Å². The van der Waals surface area contributed by atoms with Crippen molar-refractivity contribution in [1.29, 1.82) is 0 Å². The van der Waals surface area contributed by atoms with Crippen LogP contribution in [0.15, 0.2) is 58.8 Å². The molecule has 35 heavy (non-hydrogen) atoms. The third-order valence-corrected chi connectivity index (χ3v) is 8.07. The highest BCUT2D eigenvalue weighted by atomic mass is 32.2. The monoisotopic (exact) mass is 499 g/mol. The molecule has 0 aliphatic carbocycles. The number of hydrazone groups is 1. The van der Waals surface area contributed by atoms with E-state index in [2.05, 4.69) is 15.1 Å². The number of benzene rings is 1. The van der Waals surface area contributed by atoms with Crippen molar-refractivity contribution in [3.63, 3.8) is 0 Å². The Hall–Kier alpha value is -3.84. The first kappa shape index (κ1) is 22.9. The molecule has 0 saturated carbocycles. The minimum absolute atomic E-state index is 0.00634. The van der Waals surface area contributed by atoms with Gasteiger partial charge in [0, 0.05) is 50.4 Å². The molecule has 5 rings (SSSR count). The lowest BCUT2D eigenvalue weighted by Gasteiger charge is -2.33. The number of aromatic nitrogens is 2. The van der Waals surface area contributed by atoms with Crippen molar-refractivity contribution >= 4 is 44.3 Å². The van der Waals surface area contributed by atoms with Gasteiger partial charge in [-0.25, -0.2) is 17.8 Å². The molecular weight excluding hydrogens is 477 g/mol. The number of nitrogens with zero attached hydrogens (tertiary/aromatic N) is 5. The molecule has 2 aliphatic heterocycles. The Bertz CT molecular complexity index is 1430. The highest BCUT2D eigenvalue weighted by molar-refractivity contribution is 7.89. The zero-order valence-corrected chi connectivity index (χ0v) is 19.3. The minimum atomic E-state index is -3.79. The summed E-state index contributed by atoms with van der Waals surface area (Å²) in [7, 11) is -3.79. The van der Waals surface area contributed by atoms with Crippen LogP contribution in [0.4, 0.5) is 10.1 Å². The molecule has 1 saturated heterocycles. The molecule has 1 aromatic carbocycles. The van der Waals surface area contributed by atoms with Gasteiger partial charge in [0.1, 0.15) is 28.1 Å². The fourth-order valence-electron chi connectivity index (χ4n) is 4.29. The van der Waals surface area contributed by atoms with Crippen LogP contribution in [-0.4, -0.2) is 77.3 Å². The Morgan fingerprint density at radius 3 is 2.49 bits per heavy atom. The number of rotatable bonds is 5. The van der Waals surface area contributed by atoms with Crippen molar-refractivity contribution in [2.24, 2.45) is 10.8 Å². The van der Waals surface area contributed by atoms with Crippen LogP contribution in [0.1, 0.15) is 6.42 Å². The van der Waals surface area contributed by atoms with Gasteiger partial charge in [-0.15, -0.1) is 0 Å². The van der Waals surface area contributed by atoms with E-state index in [-0.39, 0.29) is 43.2 Å². The van der Waals surface area contributed by atoms with Crippen LogP contribution in [0.25, 0.3) is 11.0 Å². The second kappa shape index (κ2) is 8.74. The zero-order valence-electron chi connectivity index (χ0n) is 18.5. The van der Waals surface area contributed by atoms with E-state index >= 15 is 0 Å². The summed E-state index contributed by atoms with van der Waals surface area (Å²) < 4.78 is 41.0. The zero-order chi connectivity index (χ0) is 24.7. The normalized spacial score (nSPS) is 19.2. The largest absolute Gasteiger partial charge is 0.368 e. The Morgan fingerprint density at radius 1 is 1.09 bits per heavy atom. The van der Waals surface area contributed by atoms with Gasteiger partial charge < -0.3 is 15.6 Å². The molecule has 2 aromatic heterocycles. The highest BCUT2D eigenvalue weighted by Crippen LogP contribution is 2.27. The van der Waals surface area contributed by atoms with Crippen LogP contribution >= 0.6 is 0 Å². The Morgan fingerprint density at radius 2 is 1.80 bits per heavy atom. The van der Waals surface area contributed by atoms with Gasteiger partial charge in [0.05, 0.1) is 5.69 Å².